The molecule has 1 aromatic carbocycles. The van der Waals surface area contributed by atoms with Gasteiger partial charge < -0.3 is 10.4 Å². The Balaban J connectivity index is 2.05. The molecule has 0 radical (unpaired) electrons. The molecule has 2 atom stereocenters. The van der Waals surface area contributed by atoms with Crippen LogP contribution < -0.4 is 5.32 Å². The molecule has 3 nitrogen and oxygen atoms in total. The van der Waals surface area contributed by atoms with Crippen molar-refractivity contribution < 1.29 is 5.11 Å². The number of likely N-dealkylation sites (tertiary alicyclic amines) is 1. The molecule has 2 unspecified atom stereocenters. The number of aromatic hydroxyl groups is 1. The summed E-state index contributed by atoms with van der Waals surface area (Å²) < 4.78 is 0. The van der Waals surface area contributed by atoms with Gasteiger partial charge in [-0.3, -0.25) is 4.90 Å². The molecular formula is C16H26N2O. The number of rotatable bonds is 5. The number of phenolic OH excluding ortho intramolecular Hbond substituents is 1. The standard InChI is InChI=1S/C16H26N2O/c1-13(14-6-8-16(19)9-7-14)18-12-4-3-5-15(18)10-11-17-2/h6-9,13,15,17,19H,3-5,10-12H2,1-2H3. The van der Waals surface area contributed by atoms with Crippen molar-refractivity contribution in [2.24, 2.45) is 0 Å². The van der Waals surface area contributed by atoms with Crippen LogP contribution in [0, 0.1) is 0 Å². The summed E-state index contributed by atoms with van der Waals surface area (Å²) in [5.41, 5.74) is 1.30. The molecule has 106 valence electrons. The van der Waals surface area contributed by atoms with Gasteiger partial charge in [-0.1, -0.05) is 18.6 Å². The second-order valence-electron chi connectivity index (χ2n) is 5.55. The molecule has 2 N–H and O–H groups in total. The third-order valence-corrected chi connectivity index (χ3v) is 4.27. The number of nitrogens with zero attached hydrogens (tertiary/aromatic N) is 1. The van der Waals surface area contributed by atoms with Crippen molar-refractivity contribution in [1.82, 2.24) is 10.2 Å². The van der Waals surface area contributed by atoms with Crippen molar-refractivity contribution in [3.8, 4) is 5.75 Å². The number of benzene rings is 1. The van der Waals surface area contributed by atoms with E-state index < -0.39 is 0 Å². The predicted octanol–water partition coefficient (Wildman–Crippen LogP) is 2.92. The van der Waals surface area contributed by atoms with E-state index in [1.807, 2.05) is 19.2 Å². The number of piperidine rings is 1. The molecule has 0 aliphatic carbocycles. The van der Waals surface area contributed by atoms with E-state index in [1.54, 1.807) is 12.1 Å². The van der Waals surface area contributed by atoms with Crippen LogP contribution in [0.15, 0.2) is 24.3 Å². The molecule has 1 fully saturated rings. The molecule has 1 aliphatic rings. The van der Waals surface area contributed by atoms with E-state index in [1.165, 1.54) is 37.8 Å². The van der Waals surface area contributed by atoms with E-state index in [2.05, 4.69) is 17.1 Å². The fraction of sp³-hybridized carbons (Fsp3) is 0.625. The van der Waals surface area contributed by atoms with Gasteiger partial charge in [0.2, 0.25) is 0 Å². The molecule has 1 aromatic rings. The highest BCUT2D eigenvalue weighted by Gasteiger charge is 2.26. The zero-order valence-corrected chi connectivity index (χ0v) is 12.1. The highest BCUT2D eigenvalue weighted by molar-refractivity contribution is 5.27. The van der Waals surface area contributed by atoms with Crippen LogP contribution in [-0.4, -0.2) is 36.2 Å². The average molecular weight is 262 g/mol. The minimum absolute atomic E-state index is 0.348. The lowest BCUT2D eigenvalue weighted by Gasteiger charge is -2.40. The quantitative estimate of drug-likeness (QED) is 0.856. The summed E-state index contributed by atoms with van der Waals surface area (Å²) in [4.78, 5) is 2.63. The number of hydrogen-bond donors (Lipinski definition) is 2. The number of phenols is 1. The Morgan fingerprint density at radius 2 is 2.05 bits per heavy atom. The molecule has 2 rings (SSSR count). The van der Waals surface area contributed by atoms with Crippen LogP contribution in [-0.2, 0) is 0 Å². The minimum atomic E-state index is 0.348. The summed E-state index contributed by atoms with van der Waals surface area (Å²) in [5, 5.41) is 12.7. The second kappa shape index (κ2) is 6.92. The highest BCUT2D eigenvalue weighted by Crippen LogP contribution is 2.30. The van der Waals surface area contributed by atoms with Gasteiger partial charge in [0.25, 0.3) is 0 Å². The van der Waals surface area contributed by atoms with Crippen molar-refractivity contribution >= 4 is 0 Å². The van der Waals surface area contributed by atoms with Gasteiger partial charge in [0.1, 0.15) is 5.75 Å². The largest absolute Gasteiger partial charge is 0.508 e. The van der Waals surface area contributed by atoms with Gasteiger partial charge >= 0.3 is 0 Å². The van der Waals surface area contributed by atoms with E-state index in [0.717, 1.165) is 6.54 Å². The van der Waals surface area contributed by atoms with Crippen LogP contribution in [0.4, 0.5) is 0 Å². The van der Waals surface area contributed by atoms with E-state index in [0.29, 0.717) is 17.8 Å². The van der Waals surface area contributed by atoms with Crippen LogP contribution >= 0.6 is 0 Å². The Kier molecular flexibility index (Phi) is 5.23. The molecule has 1 heterocycles. The van der Waals surface area contributed by atoms with Crippen LogP contribution in [0.3, 0.4) is 0 Å². The van der Waals surface area contributed by atoms with Gasteiger partial charge in [0.05, 0.1) is 0 Å². The summed E-state index contributed by atoms with van der Waals surface area (Å²) >= 11 is 0. The average Bonchev–Trinajstić information content (AvgIpc) is 2.45. The van der Waals surface area contributed by atoms with Gasteiger partial charge in [-0.05, 0) is 64.0 Å². The fourth-order valence-electron chi connectivity index (χ4n) is 3.10. The first kappa shape index (κ1) is 14.4. The summed E-state index contributed by atoms with van der Waals surface area (Å²) in [6, 6.07) is 8.79. The molecule has 0 saturated carbocycles. The smallest absolute Gasteiger partial charge is 0.115 e. The van der Waals surface area contributed by atoms with E-state index >= 15 is 0 Å². The first-order valence-electron chi connectivity index (χ1n) is 7.41. The lowest BCUT2D eigenvalue weighted by molar-refractivity contribution is 0.0971. The first-order valence-corrected chi connectivity index (χ1v) is 7.41. The number of nitrogens with one attached hydrogen (secondary N) is 1. The van der Waals surface area contributed by atoms with E-state index in [9.17, 15) is 5.11 Å². The van der Waals surface area contributed by atoms with Crippen LogP contribution in [0.5, 0.6) is 5.75 Å². The molecular weight excluding hydrogens is 236 g/mol. The fourth-order valence-corrected chi connectivity index (χ4v) is 3.10. The van der Waals surface area contributed by atoms with Crippen LogP contribution in [0.2, 0.25) is 0 Å². The maximum absolute atomic E-state index is 9.40. The topological polar surface area (TPSA) is 35.5 Å². The Bertz CT molecular complexity index is 377. The summed E-state index contributed by atoms with van der Waals surface area (Å²) in [5.74, 6) is 0.348. The first-order chi connectivity index (χ1) is 9.22. The molecule has 1 saturated heterocycles. The lowest BCUT2D eigenvalue weighted by Crippen LogP contribution is -2.42. The maximum Gasteiger partial charge on any atom is 0.115 e. The normalized spacial score (nSPS) is 22.3. The highest BCUT2D eigenvalue weighted by atomic mass is 16.3. The molecule has 0 amide bonds. The maximum atomic E-state index is 9.40. The van der Waals surface area contributed by atoms with Crippen molar-refractivity contribution in [1.29, 1.82) is 0 Å². The molecule has 1 aliphatic heterocycles. The van der Waals surface area contributed by atoms with Gasteiger partial charge in [-0.25, -0.2) is 0 Å². The van der Waals surface area contributed by atoms with E-state index in [4.69, 9.17) is 0 Å². The Labute approximate surface area is 116 Å². The van der Waals surface area contributed by atoms with Crippen molar-refractivity contribution in [3.63, 3.8) is 0 Å². The zero-order valence-electron chi connectivity index (χ0n) is 12.1. The predicted molar refractivity (Wildman–Crippen MR) is 79.4 cm³/mol. The molecule has 0 spiro atoms. The molecule has 3 heteroatoms. The molecule has 19 heavy (non-hydrogen) atoms. The third kappa shape index (κ3) is 3.71. The Morgan fingerprint density at radius 1 is 1.32 bits per heavy atom. The summed E-state index contributed by atoms with van der Waals surface area (Å²) in [6.07, 6.45) is 5.19. The van der Waals surface area contributed by atoms with Crippen LogP contribution in [0.25, 0.3) is 0 Å². The van der Waals surface area contributed by atoms with Crippen LogP contribution in [0.1, 0.15) is 44.2 Å². The van der Waals surface area contributed by atoms with Gasteiger partial charge in [0.15, 0.2) is 0 Å². The zero-order chi connectivity index (χ0) is 13.7. The summed E-state index contributed by atoms with van der Waals surface area (Å²) in [6.45, 7) is 4.56. The second-order valence-corrected chi connectivity index (χ2v) is 5.55. The monoisotopic (exact) mass is 262 g/mol. The minimum Gasteiger partial charge on any atom is -0.508 e. The lowest BCUT2D eigenvalue weighted by atomic mass is 9.95. The van der Waals surface area contributed by atoms with Crippen molar-refractivity contribution in [3.05, 3.63) is 29.8 Å². The summed E-state index contributed by atoms with van der Waals surface area (Å²) in [7, 11) is 2.02. The van der Waals surface area contributed by atoms with Crippen molar-refractivity contribution in [2.75, 3.05) is 20.1 Å². The SMILES string of the molecule is CNCCC1CCCCN1C(C)c1ccc(O)cc1. The van der Waals surface area contributed by atoms with Gasteiger partial charge in [-0.2, -0.15) is 0 Å². The van der Waals surface area contributed by atoms with Gasteiger partial charge in [0, 0.05) is 12.1 Å². The van der Waals surface area contributed by atoms with Crippen molar-refractivity contribution in [2.45, 2.75) is 44.7 Å². The Morgan fingerprint density at radius 3 is 2.74 bits per heavy atom. The van der Waals surface area contributed by atoms with E-state index in [-0.39, 0.29) is 0 Å². The number of hydrogen-bond acceptors (Lipinski definition) is 3. The molecule has 0 aromatic heterocycles. The molecule has 0 bridgehead atoms. The third-order valence-electron chi connectivity index (χ3n) is 4.27. The van der Waals surface area contributed by atoms with Gasteiger partial charge in [-0.15, -0.1) is 0 Å². The Hall–Kier alpha value is -1.06.